The van der Waals surface area contributed by atoms with Gasteiger partial charge in [-0.3, -0.25) is 9.59 Å². The molecule has 1 unspecified atom stereocenters. The quantitative estimate of drug-likeness (QED) is 0.853. The van der Waals surface area contributed by atoms with E-state index in [1.54, 1.807) is 23.1 Å². The maximum atomic E-state index is 12.1. The molecule has 2 aliphatic heterocycles. The summed E-state index contributed by atoms with van der Waals surface area (Å²) in [4.78, 5) is 24.8. The van der Waals surface area contributed by atoms with Crippen molar-refractivity contribution in [3.05, 3.63) is 28.8 Å². The smallest absolute Gasteiger partial charge is 0.246 e. The molecule has 2 N–H and O–H groups in total. The molecule has 1 atom stereocenters. The van der Waals surface area contributed by atoms with Gasteiger partial charge in [-0.15, -0.1) is 0 Å². The zero-order valence-corrected chi connectivity index (χ0v) is 12.5. The number of ether oxygens (including phenoxy) is 2. The molecule has 2 amide bonds. The summed E-state index contributed by atoms with van der Waals surface area (Å²) in [6, 6.07) is 3.46. The molecule has 1 fully saturated rings. The second kappa shape index (κ2) is 5.88. The standard InChI is InChI=1S/C15H15ClN2O4/c16-11-5-9(6-12-14(11)22-8-21-12)1-2-13(19)18-4-3-10(7-18)15(17)20/h1-2,5-6,10H,3-4,7-8H2,(H2,17,20)/b2-1+. The third kappa shape index (κ3) is 2.87. The number of rotatable bonds is 3. The summed E-state index contributed by atoms with van der Waals surface area (Å²) in [6.45, 7) is 1.06. The minimum Gasteiger partial charge on any atom is -0.454 e. The number of hydrogen-bond acceptors (Lipinski definition) is 4. The summed E-state index contributed by atoms with van der Waals surface area (Å²) in [5.74, 6) is 0.320. The minimum absolute atomic E-state index is 0.142. The van der Waals surface area contributed by atoms with Gasteiger partial charge in [0, 0.05) is 19.2 Å². The van der Waals surface area contributed by atoms with Crippen LogP contribution in [-0.4, -0.2) is 36.6 Å². The van der Waals surface area contributed by atoms with E-state index >= 15 is 0 Å². The molecule has 6 nitrogen and oxygen atoms in total. The number of nitrogens with zero attached hydrogens (tertiary/aromatic N) is 1. The lowest BCUT2D eigenvalue weighted by Gasteiger charge is -2.13. The van der Waals surface area contributed by atoms with E-state index in [1.807, 2.05) is 0 Å². The largest absolute Gasteiger partial charge is 0.454 e. The van der Waals surface area contributed by atoms with E-state index in [4.69, 9.17) is 26.8 Å². The molecule has 22 heavy (non-hydrogen) atoms. The van der Waals surface area contributed by atoms with Crippen LogP contribution >= 0.6 is 11.6 Å². The van der Waals surface area contributed by atoms with E-state index in [0.29, 0.717) is 36.0 Å². The van der Waals surface area contributed by atoms with E-state index in [9.17, 15) is 9.59 Å². The molecule has 2 aliphatic rings. The SMILES string of the molecule is NC(=O)C1CCN(C(=O)/C=C/c2cc(Cl)c3c(c2)OCO3)C1. The van der Waals surface area contributed by atoms with Gasteiger partial charge in [-0.2, -0.15) is 0 Å². The fourth-order valence-electron chi connectivity index (χ4n) is 2.55. The molecular formula is C15H15ClN2O4. The number of likely N-dealkylation sites (tertiary alicyclic amines) is 1. The molecule has 116 valence electrons. The molecule has 2 heterocycles. The van der Waals surface area contributed by atoms with Gasteiger partial charge in [0.2, 0.25) is 18.6 Å². The van der Waals surface area contributed by atoms with Gasteiger partial charge in [0.05, 0.1) is 10.9 Å². The Morgan fingerprint density at radius 2 is 2.18 bits per heavy atom. The van der Waals surface area contributed by atoms with Gasteiger partial charge in [-0.25, -0.2) is 0 Å². The number of benzene rings is 1. The first-order chi connectivity index (χ1) is 10.5. The van der Waals surface area contributed by atoms with Crippen molar-refractivity contribution in [2.75, 3.05) is 19.9 Å². The van der Waals surface area contributed by atoms with Crippen LogP contribution in [0, 0.1) is 5.92 Å². The Morgan fingerprint density at radius 1 is 1.36 bits per heavy atom. The number of carbonyl (C=O) groups is 2. The highest BCUT2D eigenvalue weighted by Crippen LogP contribution is 2.40. The fraction of sp³-hybridized carbons (Fsp3) is 0.333. The summed E-state index contributed by atoms with van der Waals surface area (Å²) in [5, 5.41) is 0.442. The number of carbonyl (C=O) groups excluding carboxylic acids is 2. The van der Waals surface area contributed by atoms with Crippen molar-refractivity contribution in [3.8, 4) is 11.5 Å². The first kappa shape index (κ1) is 14.7. The maximum absolute atomic E-state index is 12.1. The van der Waals surface area contributed by atoms with Crippen LogP contribution in [0.2, 0.25) is 5.02 Å². The fourth-order valence-corrected chi connectivity index (χ4v) is 2.82. The Morgan fingerprint density at radius 3 is 2.91 bits per heavy atom. The van der Waals surface area contributed by atoms with E-state index in [2.05, 4.69) is 0 Å². The Kier molecular flexibility index (Phi) is 3.94. The second-order valence-electron chi connectivity index (χ2n) is 5.24. The van der Waals surface area contributed by atoms with Crippen molar-refractivity contribution in [1.29, 1.82) is 0 Å². The van der Waals surface area contributed by atoms with Crippen molar-refractivity contribution in [3.63, 3.8) is 0 Å². The van der Waals surface area contributed by atoms with Crippen LogP contribution in [0.25, 0.3) is 6.08 Å². The lowest BCUT2D eigenvalue weighted by molar-refractivity contribution is -0.125. The topological polar surface area (TPSA) is 81.9 Å². The summed E-state index contributed by atoms with van der Waals surface area (Å²) in [5.41, 5.74) is 6.00. The predicted molar refractivity (Wildman–Crippen MR) is 80.5 cm³/mol. The van der Waals surface area contributed by atoms with Crippen LogP contribution in [0.5, 0.6) is 11.5 Å². The number of primary amides is 1. The van der Waals surface area contributed by atoms with E-state index < -0.39 is 0 Å². The average Bonchev–Trinajstić information content (AvgIpc) is 3.13. The Bertz CT molecular complexity index is 659. The lowest BCUT2D eigenvalue weighted by atomic mass is 10.1. The van der Waals surface area contributed by atoms with E-state index in [0.717, 1.165) is 5.56 Å². The molecule has 1 aromatic rings. The number of nitrogens with two attached hydrogens (primary N) is 1. The molecule has 1 saturated heterocycles. The monoisotopic (exact) mass is 322 g/mol. The maximum Gasteiger partial charge on any atom is 0.246 e. The van der Waals surface area contributed by atoms with Crippen LogP contribution in [0.4, 0.5) is 0 Å². The van der Waals surface area contributed by atoms with Crippen molar-refractivity contribution < 1.29 is 19.1 Å². The number of amides is 2. The van der Waals surface area contributed by atoms with Gasteiger partial charge in [0.15, 0.2) is 11.5 Å². The van der Waals surface area contributed by atoms with Crippen LogP contribution in [0.3, 0.4) is 0 Å². The average molecular weight is 323 g/mol. The van der Waals surface area contributed by atoms with Crippen LogP contribution in [0.1, 0.15) is 12.0 Å². The first-order valence-corrected chi connectivity index (χ1v) is 7.28. The van der Waals surface area contributed by atoms with E-state index in [-0.39, 0.29) is 24.5 Å². The lowest BCUT2D eigenvalue weighted by Crippen LogP contribution is -2.30. The third-order valence-corrected chi connectivity index (χ3v) is 4.05. The zero-order chi connectivity index (χ0) is 15.7. The van der Waals surface area contributed by atoms with Crippen LogP contribution in [-0.2, 0) is 9.59 Å². The van der Waals surface area contributed by atoms with Gasteiger partial charge in [0.25, 0.3) is 0 Å². The Hall–Kier alpha value is -2.21. The Labute approximate surface area is 132 Å². The van der Waals surface area contributed by atoms with Crippen molar-refractivity contribution in [2.45, 2.75) is 6.42 Å². The molecule has 0 aromatic heterocycles. The van der Waals surface area contributed by atoms with Crippen LogP contribution in [0.15, 0.2) is 18.2 Å². The van der Waals surface area contributed by atoms with Crippen molar-refractivity contribution in [1.82, 2.24) is 4.90 Å². The van der Waals surface area contributed by atoms with Gasteiger partial charge in [-0.1, -0.05) is 11.6 Å². The molecule has 0 bridgehead atoms. The molecule has 1 aromatic carbocycles. The normalized spacial score (nSPS) is 19.9. The van der Waals surface area contributed by atoms with Crippen molar-refractivity contribution in [2.24, 2.45) is 11.7 Å². The van der Waals surface area contributed by atoms with Crippen LogP contribution < -0.4 is 15.2 Å². The third-order valence-electron chi connectivity index (χ3n) is 3.77. The number of halogens is 1. The van der Waals surface area contributed by atoms with E-state index in [1.165, 1.54) is 6.08 Å². The highest BCUT2D eigenvalue weighted by molar-refractivity contribution is 6.32. The minimum atomic E-state index is -0.359. The highest BCUT2D eigenvalue weighted by atomic mass is 35.5. The number of hydrogen-bond donors (Lipinski definition) is 1. The molecule has 0 saturated carbocycles. The summed E-state index contributed by atoms with van der Waals surface area (Å²) in [7, 11) is 0. The van der Waals surface area contributed by atoms with Gasteiger partial charge in [-0.05, 0) is 30.2 Å². The Balaban J connectivity index is 1.68. The second-order valence-corrected chi connectivity index (χ2v) is 5.65. The summed E-state index contributed by atoms with van der Waals surface area (Å²) in [6.07, 6.45) is 3.73. The van der Waals surface area contributed by atoms with Gasteiger partial charge < -0.3 is 20.1 Å². The molecular weight excluding hydrogens is 308 g/mol. The van der Waals surface area contributed by atoms with Crippen molar-refractivity contribution >= 4 is 29.5 Å². The molecule has 3 rings (SSSR count). The molecule has 0 aliphatic carbocycles. The van der Waals surface area contributed by atoms with Gasteiger partial charge >= 0.3 is 0 Å². The molecule has 0 spiro atoms. The van der Waals surface area contributed by atoms with Gasteiger partial charge in [0.1, 0.15) is 0 Å². The first-order valence-electron chi connectivity index (χ1n) is 6.90. The summed E-state index contributed by atoms with van der Waals surface area (Å²) >= 11 is 6.09. The molecule has 7 heteroatoms. The predicted octanol–water partition coefficient (Wildman–Crippen LogP) is 1.42. The molecule has 0 radical (unpaired) electrons. The zero-order valence-electron chi connectivity index (χ0n) is 11.8. The summed E-state index contributed by atoms with van der Waals surface area (Å²) < 4.78 is 10.5. The number of fused-ring (bicyclic) bond motifs is 1. The highest BCUT2D eigenvalue weighted by Gasteiger charge is 2.28.